The van der Waals surface area contributed by atoms with Gasteiger partial charge in [-0.15, -0.1) is 0 Å². The number of hydrogen-bond acceptors (Lipinski definition) is 8. The van der Waals surface area contributed by atoms with Crippen molar-refractivity contribution in [2.75, 3.05) is 20.8 Å². The molecule has 1 aliphatic heterocycles. The first-order chi connectivity index (χ1) is 12.3. The molecule has 26 heavy (non-hydrogen) atoms. The minimum absolute atomic E-state index is 0.119. The van der Waals surface area contributed by atoms with E-state index in [4.69, 9.17) is 0 Å². The van der Waals surface area contributed by atoms with Crippen molar-refractivity contribution >= 4 is 29.7 Å². The van der Waals surface area contributed by atoms with E-state index in [1.165, 1.54) is 12.1 Å². The van der Waals surface area contributed by atoms with E-state index >= 15 is 0 Å². The highest BCUT2D eigenvalue weighted by Crippen LogP contribution is 2.22. The predicted molar refractivity (Wildman–Crippen MR) is 82.6 cm³/mol. The van der Waals surface area contributed by atoms with E-state index in [1.807, 2.05) is 0 Å². The zero-order valence-electron chi connectivity index (χ0n) is 13.8. The first-order valence-corrected chi connectivity index (χ1v) is 7.16. The molecule has 0 radical (unpaired) electrons. The highest BCUT2D eigenvalue weighted by molar-refractivity contribution is 6.22. The number of methoxy groups -OCH3 is 2. The van der Waals surface area contributed by atoms with Gasteiger partial charge in [0.25, 0.3) is 17.7 Å². The number of fused-ring (bicyclic) bond motifs is 1. The van der Waals surface area contributed by atoms with Gasteiger partial charge in [-0.3, -0.25) is 24.5 Å². The van der Waals surface area contributed by atoms with Crippen LogP contribution in [-0.4, -0.2) is 65.6 Å². The Hall–Kier alpha value is -3.53. The average molecular weight is 362 g/mol. The molecular weight excluding hydrogens is 348 g/mol. The van der Waals surface area contributed by atoms with Gasteiger partial charge in [0.1, 0.15) is 6.54 Å². The maximum absolute atomic E-state index is 12.2. The van der Waals surface area contributed by atoms with E-state index in [9.17, 15) is 29.2 Å². The van der Waals surface area contributed by atoms with Crippen LogP contribution in [0.25, 0.3) is 0 Å². The zero-order valence-corrected chi connectivity index (χ0v) is 13.8. The number of hydrogen-bond donors (Lipinski definition) is 1. The minimum Gasteiger partial charge on any atom is -0.466 e. The first kappa shape index (κ1) is 18.8. The summed E-state index contributed by atoms with van der Waals surface area (Å²) >= 11 is 0. The number of carbonyl (C=O) groups is 5. The summed E-state index contributed by atoms with van der Waals surface area (Å²) in [5.41, 5.74) is -0.595. The largest absolute Gasteiger partial charge is 0.466 e. The maximum atomic E-state index is 12.2. The lowest BCUT2D eigenvalue weighted by Crippen LogP contribution is -2.42. The van der Waals surface area contributed by atoms with E-state index in [0.29, 0.717) is 11.0 Å². The van der Waals surface area contributed by atoms with Gasteiger partial charge in [0.15, 0.2) is 5.70 Å². The van der Waals surface area contributed by atoms with Gasteiger partial charge in [0.05, 0.1) is 31.4 Å². The number of rotatable bonds is 5. The molecule has 0 saturated heterocycles. The van der Waals surface area contributed by atoms with Crippen LogP contribution in [0.1, 0.15) is 20.7 Å². The van der Waals surface area contributed by atoms with Crippen molar-refractivity contribution in [3.8, 4) is 0 Å². The van der Waals surface area contributed by atoms with Crippen LogP contribution in [0.15, 0.2) is 36.0 Å². The molecule has 1 aromatic rings. The fourth-order valence-electron chi connectivity index (χ4n) is 2.20. The van der Waals surface area contributed by atoms with Crippen LogP contribution in [0.2, 0.25) is 0 Å². The van der Waals surface area contributed by atoms with E-state index in [1.54, 1.807) is 12.1 Å². The Morgan fingerprint density at radius 1 is 1.08 bits per heavy atom. The summed E-state index contributed by atoms with van der Waals surface area (Å²) in [5.74, 6) is -4.88. The smallest absolute Gasteiger partial charge is 0.357 e. The highest BCUT2D eigenvalue weighted by Gasteiger charge is 2.38. The van der Waals surface area contributed by atoms with Crippen LogP contribution >= 0.6 is 0 Å². The molecular formula is C16H14N2O8. The van der Waals surface area contributed by atoms with Gasteiger partial charge in [-0.05, 0) is 12.1 Å². The van der Waals surface area contributed by atoms with Crippen molar-refractivity contribution in [1.82, 2.24) is 9.96 Å². The number of hydroxylamine groups is 2. The van der Waals surface area contributed by atoms with Crippen LogP contribution in [0, 0.1) is 0 Å². The molecule has 10 heteroatoms. The minimum atomic E-state index is -1.21. The van der Waals surface area contributed by atoms with Gasteiger partial charge in [0.2, 0.25) is 0 Å². The molecule has 0 atom stereocenters. The Morgan fingerprint density at radius 3 is 2.08 bits per heavy atom. The number of carbonyl (C=O) groups excluding carboxylic acids is 5. The standard InChI is InChI=1S/C16H14N2O8/c1-25-13(20)7-11(16(23)26-2)18(24)12(19)8-17-14(21)9-5-3-4-6-10(9)15(17)22/h3-7,24H,8H2,1-2H3. The van der Waals surface area contributed by atoms with Gasteiger partial charge >= 0.3 is 11.9 Å². The van der Waals surface area contributed by atoms with Crippen LogP contribution in [0.4, 0.5) is 0 Å². The molecule has 10 nitrogen and oxygen atoms in total. The Morgan fingerprint density at radius 2 is 1.62 bits per heavy atom. The summed E-state index contributed by atoms with van der Waals surface area (Å²) in [6, 6.07) is 5.96. The monoisotopic (exact) mass is 362 g/mol. The molecule has 0 aromatic heterocycles. The van der Waals surface area contributed by atoms with Crippen molar-refractivity contribution in [2.45, 2.75) is 0 Å². The molecule has 0 aliphatic carbocycles. The third-order valence-corrected chi connectivity index (χ3v) is 3.49. The van der Waals surface area contributed by atoms with Gasteiger partial charge in [-0.25, -0.2) is 9.59 Å². The van der Waals surface area contributed by atoms with Crippen molar-refractivity contribution in [3.63, 3.8) is 0 Å². The van der Waals surface area contributed by atoms with Crippen molar-refractivity contribution in [1.29, 1.82) is 0 Å². The Labute approximate surface area is 147 Å². The van der Waals surface area contributed by atoms with Crippen LogP contribution < -0.4 is 0 Å². The lowest BCUT2D eigenvalue weighted by molar-refractivity contribution is -0.165. The summed E-state index contributed by atoms with van der Waals surface area (Å²) in [5, 5.41) is 9.76. The number of nitrogens with zero attached hydrogens (tertiary/aromatic N) is 2. The van der Waals surface area contributed by atoms with Gasteiger partial charge in [-0.2, -0.15) is 5.06 Å². The maximum Gasteiger partial charge on any atom is 0.357 e. The van der Waals surface area contributed by atoms with Crippen LogP contribution in [0.5, 0.6) is 0 Å². The predicted octanol–water partition coefficient (Wildman–Crippen LogP) is -0.270. The lowest BCUT2D eigenvalue weighted by atomic mass is 10.1. The van der Waals surface area contributed by atoms with Crippen molar-refractivity contribution in [3.05, 3.63) is 47.2 Å². The molecule has 2 rings (SSSR count). The molecule has 1 heterocycles. The summed E-state index contributed by atoms with van der Waals surface area (Å²) in [6.07, 6.45) is 0.534. The number of benzene rings is 1. The Kier molecular flexibility index (Phi) is 5.48. The normalized spacial score (nSPS) is 13.3. The fourth-order valence-corrected chi connectivity index (χ4v) is 2.20. The number of esters is 2. The lowest BCUT2D eigenvalue weighted by Gasteiger charge is -2.19. The summed E-state index contributed by atoms with van der Waals surface area (Å²) in [4.78, 5) is 60.2. The second kappa shape index (κ2) is 7.57. The van der Waals surface area contributed by atoms with Gasteiger partial charge in [0, 0.05) is 0 Å². The molecule has 0 bridgehead atoms. The molecule has 136 valence electrons. The average Bonchev–Trinajstić information content (AvgIpc) is 2.89. The van der Waals surface area contributed by atoms with E-state index in [0.717, 1.165) is 14.2 Å². The van der Waals surface area contributed by atoms with E-state index in [-0.39, 0.29) is 16.2 Å². The third kappa shape index (κ3) is 3.44. The molecule has 1 aromatic carbocycles. The van der Waals surface area contributed by atoms with Crippen LogP contribution in [0.3, 0.4) is 0 Å². The topological polar surface area (TPSA) is 131 Å². The van der Waals surface area contributed by atoms with E-state index < -0.39 is 41.9 Å². The van der Waals surface area contributed by atoms with Crippen LogP contribution in [-0.2, 0) is 23.9 Å². The molecule has 3 amide bonds. The molecule has 1 N–H and O–H groups in total. The summed E-state index contributed by atoms with van der Waals surface area (Å²) < 4.78 is 8.70. The second-order valence-corrected chi connectivity index (χ2v) is 4.99. The van der Waals surface area contributed by atoms with E-state index in [2.05, 4.69) is 9.47 Å². The van der Waals surface area contributed by atoms with Gasteiger partial charge in [-0.1, -0.05) is 12.1 Å². The zero-order chi connectivity index (χ0) is 19.4. The Bertz CT molecular complexity index is 794. The fraction of sp³-hybridized carbons (Fsp3) is 0.188. The van der Waals surface area contributed by atoms with Crippen molar-refractivity contribution in [2.24, 2.45) is 0 Å². The SMILES string of the molecule is COC(=O)C=C(C(=O)OC)N(O)C(=O)CN1C(=O)c2ccccc2C1=O. The molecule has 0 saturated carbocycles. The summed E-state index contributed by atoms with van der Waals surface area (Å²) in [6.45, 7) is -0.849. The molecule has 0 unspecified atom stereocenters. The number of imide groups is 1. The summed E-state index contributed by atoms with van der Waals surface area (Å²) in [7, 11) is 1.99. The molecule has 0 fully saturated rings. The Balaban J connectivity index is 2.22. The quantitative estimate of drug-likeness (QED) is 0.249. The second-order valence-electron chi connectivity index (χ2n) is 4.99. The number of amides is 3. The van der Waals surface area contributed by atoms with Crippen molar-refractivity contribution < 1.29 is 38.7 Å². The molecule has 1 aliphatic rings. The number of ether oxygens (including phenoxy) is 2. The van der Waals surface area contributed by atoms with Gasteiger partial charge < -0.3 is 9.47 Å². The highest BCUT2D eigenvalue weighted by atomic mass is 16.6. The first-order valence-electron chi connectivity index (χ1n) is 7.16. The third-order valence-electron chi connectivity index (χ3n) is 3.49. The molecule has 0 spiro atoms.